The van der Waals surface area contributed by atoms with Crippen LogP contribution in [0.1, 0.15) is 34.7 Å². The van der Waals surface area contributed by atoms with Crippen LogP contribution < -0.4 is 0 Å². The van der Waals surface area contributed by atoms with Crippen LogP contribution in [0.2, 0.25) is 0 Å². The van der Waals surface area contributed by atoms with Crippen LogP contribution in [0, 0.1) is 11.8 Å². The van der Waals surface area contributed by atoms with E-state index in [1.165, 1.54) is 37.6 Å². The van der Waals surface area contributed by atoms with Crippen molar-refractivity contribution in [1.29, 1.82) is 0 Å². The number of halogens is 2. The van der Waals surface area contributed by atoms with Crippen molar-refractivity contribution in [3.05, 3.63) is 71.7 Å². The number of ether oxygens (including phenoxy) is 1. The highest BCUT2D eigenvalue weighted by Gasteiger charge is 2.38. The Morgan fingerprint density at radius 2 is 1.97 bits per heavy atom. The zero-order valence-electron chi connectivity index (χ0n) is 15.3. The lowest BCUT2D eigenvalue weighted by Gasteiger charge is -2.13. The van der Waals surface area contributed by atoms with Crippen molar-refractivity contribution >= 4 is 16.0 Å². The van der Waals surface area contributed by atoms with Gasteiger partial charge in [-0.1, -0.05) is 6.07 Å². The minimum absolute atomic E-state index is 0.00256. The summed E-state index contributed by atoms with van der Waals surface area (Å²) in [4.78, 5) is 15.7. The average molecular weight is 418 g/mol. The Morgan fingerprint density at radius 1 is 1.21 bits per heavy atom. The molecule has 4 rings (SSSR count). The van der Waals surface area contributed by atoms with E-state index in [0.717, 1.165) is 35.1 Å². The van der Waals surface area contributed by atoms with E-state index in [0.29, 0.717) is 5.56 Å². The van der Waals surface area contributed by atoms with Crippen molar-refractivity contribution in [3.63, 3.8) is 0 Å². The quantitative estimate of drug-likeness (QED) is 0.466. The molecule has 150 valence electrons. The van der Waals surface area contributed by atoms with Crippen LogP contribution in [0.15, 0.2) is 53.7 Å². The molecule has 0 radical (unpaired) electrons. The van der Waals surface area contributed by atoms with Gasteiger partial charge in [-0.15, -0.1) is 0 Å². The van der Waals surface area contributed by atoms with Gasteiger partial charge in [-0.3, -0.25) is 0 Å². The number of esters is 1. The summed E-state index contributed by atoms with van der Waals surface area (Å²) < 4.78 is 60.5. The standard InChI is InChI=1S/C20H16F2N2O4S/c1-28-20(25)16-11-24(29(26,27)14-5-2-4-13(21)10-14)18(17(16)12-7-8-12)15-6-3-9-23-19(15)22/h2-6,9-12H,7-8H2,1H3. The van der Waals surface area contributed by atoms with Gasteiger partial charge in [0.05, 0.1) is 28.8 Å². The van der Waals surface area contributed by atoms with E-state index >= 15 is 0 Å². The third-order valence-corrected chi connectivity index (χ3v) is 6.43. The van der Waals surface area contributed by atoms with Gasteiger partial charge in [-0.25, -0.2) is 26.6 Å². The first-order chi connectivity index (χ1) is 13.8. The second-order valence-corrected chi connectivity index (χ2v) is 8.49. The van der Waals surface area contributed by atoms with Crippen molar-refractivity contribution in [2.45, 2.75) is 23.7 Å². The smallest absolute Gasteiger partial charge is 0.339 e. The SMILES string of the molecule is COC(=O)c1cn(S(=O)(=O)c2cccc(F)c2)c(-c2cccnc2F)c1C1CC1. The predicted octanol–water partition coefficient (Wildman–Crippen LogP) is 3.73. The van der Waals surface area contributed by atoms with Gasteiger partial charge in [0.1, 0.15) is 5.82 Å². The van der Waals surface area contributed by atoms with E-state index in [-0.39, 0.29) is 27.6 Å². The molecule has 0 saturated heterocycles. The maximum Gasteiger partial charge on any atom is 0.339 e. The fourth-order valence-electron chi connectivity index (χ4n) is 3.31. The number of benzene rings is 1. The Balaban J connectivity index is 2.06. The third-order valence-electron chi connectivity index (χ3n) is 4.77. The van der Waals surface area contributed by atoms with Crippen molar-refractivity contribution in [2.75, 3.05) is 7.11 Å². The molecule has 1 aromatic carbocycles. The monoisotopic (exact) mass is 418 g/mol. The summed E-state index contributed by atoms with van der Waals surface area (Å²) in [5.74, 6) is -2.45. The molecular weight excluding hydrogens is 402 g/mol. The van der Waals surface area contributed by atoms with Crippen LogP contribution in [0.4, 0.5) is 8.78 Å². The van der Waals surface area contributed by atoms with E-state index in [4.69, 9.17) is 4.74 Å². The van der Waals surface area contributed by atoms with Crippen molar-refractivity contribution in [1.82, 2.24) is 8.96 Å². The molecule has 0 unspecified atom stereocenters. The molecule has 1 fully saturated rings. The number of rotatable bonds is 5. The van der Waals surface area contributed by atoms with E-state index in [1.807, 2.05) is 0 Å². The number of pyridine rings is 1. The predicted molar refractivity (Wildman–Crippen MR) is 99.9 cm³/mol. The fraction of sp³-hybridized carbons (Fsp3) is 0.200. The lowest BCUT2D eigenvalue weighted by molar-refractivity contribution is 0.0599. The molecule has 2 aromatic heterocycles. The van der Waals surface area contributed by atoms with Crippen molar-refractivity contribution in [3.8, 4) is 11.3 Å². The normalized spacial score (nSPS) is 14.0. The summed E-state index contributed by atoms with van der Waals surface area (Å²) in [5, 5.41) is 0. The van der Waals surface area contributed by atoms with Crippen LogP contribution in [0.5, 0.6) is 0 Å². The van der Waals surface area contributed by atoms with E-state index in [2.05, 4.69) is 4.98 Å². The van der Waals surface area contributed by atoms with Gasteiger partial charge < -0.3 is 4.74 Å². The Kier molecular flexibility index (Phi) is 4.70. The highest BCUT2D eigenvalue weighted by molar-refractivity contribution is 7.90. The first-order valence-electron chi connectivity index (χ1n) is 8.80. The lowest BCUT2D eigenvalue weighted by atomic mass is 10.0. The van der Waals surface area contributed by atoms with Gasteiger partial charge in [-0.05, 0) is 54.7 Å². The van der Waals surface area contributed by atoms with E-state index in [9.17, 15) is 22.0 Å². The van der Waals surface area contributed by atoms with Crippen molar-refractivity contribution < 1.29 is 26.7 Å². The molecule has 3 aromatic rings. The topological polar surface area (TPSA) is 78.3 Å². The summed E-state index contributed by atoms with van der Waals surface area (Å²) in [5.41, 5.74) is 0.365. The number of methoxy groups -OCH3 is 1. The number of carbonyl (C=O) groups is 1. The number of aromatic nitrogens is 2. The zero-order chi connectivity index (χ0) is 20.8. The Hall–Kier alpha value is -3.07. The van der Waals surface area contributed by atoms with Crippen LogP contribution in [-0.2, 0) is 14.8 Å². The average Bonchev–Trinajstić information content (AvgIpc) is 3.47. The highest BCUT2D eigenvalue weighted by Crippen LogP contribution is 2.48. The molecule has 0 bridgehead atoms. The zero-order valence-corrected chi connectivity index (χ0v) is 16.1. The Bertz CT molecular complexity index is 1220. The molecule has 0 atom stereocenters. The molecule has 1 saturated carbocycles. The number of carbonyl (C=O) groups excluding carboxylic acids is 1. The molecule has 0 N–H and O–H groups in total. The summed E-state index contributed by atoms with van der Waals surface area (Å²) in [6.45, 7) is 0. The summed E-state index contributed by atoms with van der Waals surface area (Å²) in [7, 11) is -3.15. The Morgan fingerprint density at radius 3 is 2.59 bits per heavy atom. The molecule has 1 aliphatic carbocycles. The molecule has 0 spiro atoms. The third kappa shape index (κ3) is 3.31. The van der Waals surface area contributed by atoms with Gasteiger partial charge in [-0.2, -0.15) is 4.39 Å². The molecule has 2 heterocycles. The first-order valence-corrected chi connectivity index (χ1v) is 10.2. The van der Waals surface area contributed by atoms with Gasteiger partial charge in [0, 0.05) is 12.4 Å². The molecule has 9 heteroatoms. The van der Waals surface area contributed by atoms with Gasteiger partial charge in [0.2, 0.25) is 5.95 Å². The largest absolute Gasteiger partial charge is 0.465 e. The van der Waals surface area contributed by atoms with Gasteiger partial charge >= 0.3 is 5.97 Å². The van der Waals surface area contributed by atoms with Gasteiger partial charge in [0.25, 0.3) is 10.0 Å². The van der Waals surface area contributed by atoms with Gasteiger partial charge in [0.15, 0.2) is 0 Å². The van der Waals surface area contributed by atoms with Crippen LogP contribution in [-0.4, -0.2) is 30.5 Å². The minimum Gasteiger partial charge on any atom is -0.465 e. The summed E-state index contributed by atoms with van der Waals surface area (Å²) in [6.07, 6.45) is 3.80. The number of hydrogen-bond donors (Lipinski definition) is 0. The maximum atomic E-state index is 14.6. The maximum absolute atomic E-state index is 14.6. The van der Waals surface area contributed by atoms with Crippen LogP contribution in [0.25, 0.3) is 11.3 Å². The molecular formula is C20H16F2N2O4S. The molecule has 1 aliphatic rings. The lowest BCUT2D eigenvalue weighted by Crippen LogP contribution is -2.14. The second kappa shape index (κ2) is 7.07. The number of hydrogen-bond acceptors (Lipinski definition) is 5. The molecule has 0 amide bonds. The number of nitrogens with zero attached hydrogens (tertiary/aromatic N) is 2. The highest BCUT2D eigenvalue weighted by atomic mass is 32.2. The van der Waals surface area contributed by atoms with Crippen LogP contribution in [0.3, 0.4) is 0 Å². The molecule has 29 heavy (non-hydrogen) atoms. The first kappa shape index (κ1) is 19.3. The second-order valence-electron chi connectivity index (χ2n) is 6.67. The van der Waals surface area contributed by atoms with Crippen molar-refractivity contribution in [2.24, 2.45) is 0 Å². The van der Waals surface area contributed by atoms with Crippen LogP contribution >= 0.6 is 0 Å². The Labute approximate surface area is 165 Å². The molecule has 6 nitrogen and oxygen atoms in total. The van der Waals surface area contributed by atoms with E-state index in [1.54, 1.807) is 0 Å². The summed E-state index contributed by atoms with van der Waals surface area (Å²) >= 11 is 0. The molecule has 0 aliphatic heterocycles. The minimum atomic E-state index is -4.33. The fourth-order valence-corrected chi connectivity index (χ4v) is 4.73. The van der Waals surface area contributed by atoms with E-state index < -0.39 is 27.8 Å². The summed E-state index contributed by atoms with van der Waals surface area (Å²) in [6, 6.07) is 7.34.